The van der Waals surface area contributed by atoms with Gasteiger partial charge in [0.15, 0.2) is 0 Å². The number of rotatable bonds is 6. The highest BCUT2D eigenvalue weighted by Crippen LogP contribution is 2.29. The van der Waals surface area contributed by atoms with Crippen LogP contribution in [-0.2, 0) is 9.47 Å². The number of hydrogen-bond donors (Lipinski definition) is 2. The number of halogens is 1. The Morgan fingerprint density at radius 3 is 2.57 bits per heavy atom. The highest BCUT2D eigenvalue weighted by molar-refractivity contribution is 5.85. The van der Waals surface area contributed by atoms with Crippen LogP contribution in [0.2, 0.25) is 0 Å². The van der Waals surface area contributed by atoms with Gasteiger partial charge >= 0.3 is 0 Å². The molecule has 0 amide bonds. The summed E-state index contributed by atoms with van der Waals surface area (Å²) >= 11 is 0. The second kappa shape index (κ2) is 10.9. The Kier molecular flexibility index (Phi) is 9.21. The topological polar surface area (TPSA) is 42.5 Å². The van der Waals surface area contributed by atoms with Crippen LogP contribution < -0.4 is 10.6 Å². The molecule has 3 fully saturated rings. The second-order valence-electron chi connectivity index (χ2n) is 7.28. The summed E-state index contributed by atoms with van der Waals surface area (Å²) in [5.74, 6) is 0.734. The van der Waals surface area contributed by atoms with Gasteiger partial charge in [-0.2, -0.15) is 0 Å². The van der Waals surface area contributed by atoms with Crippen molar-refractivity contribution in [3.05, 3.63) is 0 Å². The molecule has 0 bridgehead atoms. The normalized spacial score (nSPS) is 33.1. The van der Waals surface area contributed by atoms with Gasteiger partial charge < -0.3 is 20.1 Å². The molecule has 3 atom stereocenters. The molecule has 5 heteroatoms. The van der Waals surface area contributed by atoms with Crippen LogP contribution in [0.5, 0.6) is 0 Å². The highest BCUT2D eigenvalue weighted by atomic mass is 35.5. The lowest BCUT2D eigenvalue weighted by Crippen LogP contribution is -2.51. The van der Waals surface area contributed by atoms with Crippen molar-refractivity contribution in [1.29, 1.82) is 0 Å². The molecular weight excluding hydrogens is 312 g/mol. The lowest BCUT2D eigenvalue weighted by Gasteiger charge is -2.33. The fraction of sp³-hybridized carbons (Fsp3) is 1.00. The minimum atomic E-state index is 0. The third-order valence-electron chi connectivity index (χ3n) is 5.70. The summed E-state index contributed by atoms with van der Waals surface area (Å²) < 4.78 is 11.7. The van der Waals surface area contributed by atoms with Crippen molar-refractivity contribution in [3.8, 4) is 0 Å². The summed E-state index contributed by atoms with van der Waals surface area (Å²) in [5, 5.41) is 7.41. The Morgan fingerprint density at radius 2 is 1.83 bits per heavy atom. The summed E-state index contributed by atoms with van der Waals surface area (Å²) in [6.45, 7) is 4.66. The van der Waals surface area contributed by atoms with Crippen LogP contribution in [0.3, 0.4) is 0 Å². The van der Waals surface area contributed by atoms with Crippen molar-refractivity contribution in [1.82, 2.24) is 10.6 Å². The zero-order chi connectivity index (χ0) is 15.0. The minimum Gasteiger partial charge on any atom is -0.379 e. The summed E-state index contributed by atoms with van der Waals surface area (Å²) in [4.78, 5) is 0. The highest BCUT2D eigenvalue weighted by Gasteiger charge is 2.34. The maximum Gasteiger partial charge on any atom is 0.0623 e. The Hall–Kier alpha value is 0.130. The first-order valence-electron chi connectivity index (χ1n) is 9.59. The number of hydrogen-bond acceptors (Lipinski definition) is 4. The van der Waals surface area contributed by atoms with Gasteiger partial charge in [0.2, 0.25) is 0 Å². The van der Waals surface area contributed by atoms with Gasteiger partial charge in [-0.25, -0.2) is 0 Å². The SMILES string of the molecule is C1CCCC(OCCNC2CCCC2C2COCCN2)CC1.Cl. The van der Waals surface area contributed by atoms with Crippen LogP contribution >= 0.6 is 12.4 Å². The standard InChI is InChI=1S/C18H34N2O2.ClH/c1-2-4-7-15(6-3-1)22-13-11-19-17-9-5-8-16(17)18-14-21-12-10-20-18;/h15-20H,1-14H2;1H. The predicted molar refractivity (Wildman–Crippen MR) is 96.4 cm³/mol. The van der Waals surface area contributed by atoms with Gasteiger partial charge in [-0.1, -0.05) is 32.1 Å². The predicted octanol–water partition coefficient (Wildman–Crippen LogP) is 2.89. The van der Waals surface area contributed by atoms with Crippen LogP contribution in [0.4, 0.5) is 0 Å². The summed E-state index contributed by atoms with van der Waals surface area (Å²) in [6, 6.07) is 1.20. The largest absolute Gasteiger partial charge is 0.379 e. The van der Waals surface area contributed by atoms with Crippen LogP contribution in [0.25, 0.3) is 0 Å². The van der Waals surface area contributed by atoms with Crippen LogP contribution in [-0.4, -0.2) is 51.1 Å². The molecule has 4 nitrogen and oxygen atoms in total. The molecule has 3 rings (SSSR count). The van der Waals surface area contributed by atoms with Gasteiger partial charge in [-0.05, 0) is 31.6 Å². The number of nitrogens with one attached hydrogen (secondary N) is 2. The lowest BCUT2D eigenvalue weighted by atomic mass is 9.94. The molecule has 1 aliphatic heterocycles. The Labute approximate surface area is 147 Å². The molecule has 3 aliphatic rings. The van der Waals surface area contributed by atoms with Crippen molar-refractivity contribution in [2.45, 2.75) is 76.0 Å². The first kappa shape index (κ1) is 19.5. The molecule has 2 aliphatic carbocycles. The van der Waals surface area contributed by atoms with E-state index in [1.165, 1.54) is 57.8 Å². The van der Waals surface area contributed by atoms with E-state index in [1.807, 2.05) is 0 Å². The van der Waals surface area contributed by atoms with E-state index in [9.17, 15) is 0 Å². The average Bonchev–Trinajstić information content (AvgIpc) is 2.87. The van der Waals surface area contributed by atoms with E-state index >= 15 is 0 Å². The molecule has 0 aromatic heterocycles. The van der Waals surface area contributed by atoms with Crippen molar-refractivity contribution in [2.24, 2.45) is 5.92 Å². The van der Waals surface area contributed by atoms with E-state index in [0.717, 1.165) is 38.8 Å². The fourth-order valence-corrected chi connectivity index (χ4v) is 4.46. The van der Waals surface area contributed by atoms with E-state index < -0.39 is 0 Å². The number of morpholine rings is 1. The molecule has 3 unspecified atom stereocenters. The van der Waals surface area contributed by atoms with Crippen LogP contribution in [0.1, 0.15) is 57.8 Å². The molecule has 2 N–H and O–H groups in total. The first-order chi connectivity index (χ1) is 10.9. The van der Waals surface area contributed by atoms with Gasteiger partial charge in [0.05, 0.1) is 25.9 Å². The molecule has 1 heterocycles. The molecule has 0 aromatic carbocycles. The molecule has 136 valence electrons. The van der Waals surface area contributed by atoms with Crippen LogP contribution in [0.15, 0.2) is 0 Å². The van der Waals surface area contributed by atoms with Crippen molar-refractivity contribution in [2.75, 3.05) is 32.9 Å². The van der Waals surface area contributed by atoms with Gasteiger partial charge in [-0.15, -0.1) is 12.4 Å². The zero-order valence-corrected chi connectivity index (χ0v) is 15.3. The maximum absolute atomic E-state index is 6.10. The van der Waals surface area contributed by atoms with E-state index in [0.29, 0.717) is 18.2 Å². The smallest absolute Gasteiger partial charge is 0.0623 e. The fourth-order valence-electron chi connectivity index (χ4n) is 4.46. The molecule has 0 radical (unpaired) electrons. The Morgan fingerprint density at radius 1 is 1.00 bits per heavy atom. The average molecular weight is 347 g/mol. The quantitative estimate of drug-likeness (QED) is 0.573. The maximum atomic E-state index is 6.10. The molecule has 0 aromatic rings. The van der Waals surface area contributed by atoms with Crippen LogP contribution in [0, 0.1) is 5.92 Å². The van der Waals surface area contributed by atoms with E-state index in [4.69, 9.17) is 9.47 Å². The first-order valence-corrected chi connectivity index (χ1v) is 9.59. The van der Waals surface area contributed by atoms with Gasteiger partial charge in [0.1, 0.15) is 0 Å². The van der Waals surface area contributed by atoms with Gasteiger partial charge in [0.25, 0.3) is 0 Å². The molecular formula is C18H35ClN2O2. The van der Waals surface area contributed by atoms with E-state index in [1.54, 1.807) is 0 Å². The second-order valence-corrected chi connectivity index (χ2v) is 7.28. The third kappa shape index (κ3) is 6.17. The summed E-state index contributed by atoms with van der Waals surface area (Å²) in [6.07, 6.45) is 12.6. The van der Waals surface area contributed by atoms with E-state index in [2.05, 4.69) is 10.6 Å². The number of ether oxygens (including phenoxy) is 2. The summed E-state index contributed by atoms with van der Waals surface area (Å²) in [5.41, 5.74) is 0. The lowest BCUT2D eigenvalue weighted by molar-refractivity contribution is 0.0384. The van der Waals surface area contributed by atoms with E-state index in [-0.39, 0.29) is 12.4 Å². The monoisotopic (exact) mass is 346 g/mol. The minimum absolute atomic E-state index is 0. The molecule has 2 saturated carbocycles. The van der Waals surface area contributed by atoms with Crippen molar-refractivity contribution in [3.63, 3.8) is 0 Å². The zero-order valence-electron chi connectivity index (χ0n) is 14.4. The summed E-state index contributed by atoms with van der Waals surface area (Å²) in [7, 11) is 0. The molecule has 1 saturated heterocycles. The van der Waals surface area contributed by atoms with Gasteiger partial charge in [-0.3, -0.25) is 0 Å². The molecule has 23 heavy (non-hydrogen) atoms. The molecule has 0 spiro atoms. The third-order valence-corrected chi connectivity index (χ3v) is 5.70. The van der Waals surface area contributed by atoms with Crippen molar-refractivity contribution >= 4 is 12.4 Å². The Bertz CT molecular complexity index is 305. The van der Waals surface area contributed by atoms with Crippen molar-refractivity contribution < 1.29 is 9.47 Å². The van der Waals surface area contributed by atoms with Gasteiger partial charge in [0, 0.05) is 25.2 Å². The Balaban J connectivity index is 0.00000192.